The van der Waals surface area contributed by atoms with E-state index in [9.17, 15) is 4.79 Å². The number of aromatic carboxylic acids is 1. The van der Waals surface area contributed by atoms with Crippen molar-refractivity contribution in [2.75, 3.05) is 5.32 Å². The number of fused-ring (bicyclic) bond motifs is 1. The van der Waals surface area contributed by atoms with Crippen molar-refractivity contribution in [3.05, 3.63) is 54.1 Å². The largest absolute Gasteiger partial charge is 0.478 e. The van der Waals surface area contributed by atoms with Gasteiger partial charge in [0, 0.05) is 5.69 Å². The highest BCUT2D eigenvalue weighted by molar-refractivity contribution is 7.22. The van der Waals surface area contributed by atoms with Crippen LogP contribution < -0.4 is 5.32 Å². The second-order valence-electron chi connectivity index (χ2n) is 4.00. The number of hydrogen-bond acceptors (Lipinski definition) is 4. The number of nitrogens with zero attached hydrogens (tertiary/aromatic N) is 1. The lowest BCUT2D eigenvalue weighted by molar-refractivity contribution is 0.0697. The van der Waals surface area contributed by atoms with Crippen LogP contribution in [0.3, 0.4) is 0 Å². The summed E-state index contributed by atoms with van der Waals surface area (Å²) >= 11 is 1.44. The van der Waals surface area contributed by atoms with Gasteiger partial charge in [-0.15, -0.1) is 0 Å². The molecule has 0 unspecified atom stereocenters. The lowest BCUT2D eigenvalue weighted by atomic mass is 10.2. The molecule has 5 heteroatoms. The Kier molecular flexibility index (Phi) is 2.89. The van der Waals surface area contributed by atoms with Gasteiger partial charge in [0.25, 0.3) is 0 Å². The summed E-state index contributed by atoms with van der Waals surface area (Å²) < 4.78 is 0.860. The summed E-state index contributed by atoms with van der Waals surface area (Å²) in [6.07, 6.45) is 0. The minimum absolute atomic E-state index is 0.280. The molecule has 0 fully saturated rings. The molecule has 0 aliphatic carbocycles. The van der Waals surface area contributed by atoms with E-state index in [1.807, 2.05) is 30.3 Å². The molecule has 0 saturated heterocycles. The van der Waals surface area contributed by atoms with Crippen molar-refractivity contribution in [1.29, 1.82) is 0 Å². The highest BCUT2D eigenvalue weighted by Gasteiger charge is 2.08. The number of anilines is 2. The second kappa shape index (κ2) is 4.70. The Morgan fingerprint density at radius 3 is 2.68 bits per heavy atom. The normalized spacial score (nSPS) is 10.5. The molecule has 0 bridgehead atoms. The van der Waals surface area contributed by atoms with E-state index in [0.717, 1.165) is 21.0 Å². The monoisotopic (exact) mass is 270 g/mol. The van der Waals surface area contributed by atoms with Gasteiger partial charge in [0.15, 0.2) is 5.13 Å². The van der Waals surface area contributed by atoms with Crippen LogP contribution in [0.2, 0.25) is 0 Å². The number of aromatic nitrogens is 1. The van der Waals surface area contributed by atoms with Crippen LogP contribution in [-0.2, 0) is 0 Å². The van der Waals surface area contributed by atoms with Crippen molar-refractivity contribution in [2.24, 2.45) is 0 Å². The molecule has 0 saturated carbocycles. The third kappa shape index (κ3) is 2.41. The van der Waals surface area contributed by atoms with Crippen molar-refractivity contribution in [3.8, 4) is 0 Å². The molecular formula is C14H10N2O2S. The molecule has 2 aromatic carbocycles. The van der Waals surface area contributed by atoms with E-state index in [1.54, 1.807) is 18.2 Å². The Bertz CT molecular complexity index is 738. The first-order valence-electron chi connectivity index (χ1n) is 5.68. The van der Waals surface area contributed by atoms with Crippen LogP contribution in [0.1, 0.15) is 10.4 Å². The van der Waals surface area contributed by atoms with E-state index < -0.39 is 5.97 Å². The van der Waals surface area contributed by atoms with E-state index in [-0.39, 0.29) is 5.56 Å². The second-order valence-corrected chi connectivity index (χ2v) is 5.03. The minimum atomic E-state index is -0.923. The fourth-order valence-electron chi connectivity index (χ4n) is 1.76. The number of carboxylic acids is 1. The minimum Gasteiger partial charge on any atom is -0.478 e. The highest BCUT2D eigenvalue weighted by atomic mass is 32.1. The van der Waals surface area contributed by atoms with Crippen LogP contribution in [0.25, 0.3) is 10.2 Å². The maximum Gasteiger partial charge on any atom is 0.335 e. The van der Waals surface area contributed by atoms with E-state index in [4.69, 9.17) is 5.11 Å². The lowest BCUT2D eigenvalue weighted by Crippen LogP contribution is -1.94. The van der Waals surface area contributed by atoms with Gasteiger partial charge in [-0.25, -0.2) is 9.78 Å². The van der Waals surface area contributed by atoms with Crippen LogP contribution >= 0.6 is 11.3 Å². The lowest BCUT2D eigenvalue weighted by Gasteiger charge is -1.99. The van der Waals surface area contributed by atoms with Gasteiger partial charge in [0.2, 0.25) is 0 Å². The Labute approximate surface area is 113 Å². The number of benzene rings is 2. The van der Waals surface area contributed by atoms with Crippen LogP contribution in [-0.4, -0.2) is 16.1 Å². The Balaban J connectivity index is 1.95. The Morgan fingerprint density at radius 1 is 1.16 bits per heavy atom. The third-order valence-electron chi connectivity index (χ3n) is 2.66. The molecule has 0 spiro atoms. The fraction of sp³-hybridized carbons (Fsp3) is 0. The van der Waals surface area contributed by atoms with Crippen LogP contribution in [0.5, 0.6) is 0 Å². The van der Waals surface area contributed by atoms with E-state index in [2.05, 4.69) is 10.3 Å². The molecule has 0 radical (unpaired) electrons. The van der Waals surface area contributed by atoms with Gasteiger partial charge >= 0.3 is 5.97 Å². The van der Waals surface area contributed by atoms with Gasteiger partial charge in [0.05, 0.1) is 15.8 Å². The summed E-state index contributed by atoms with van der Waals surface area (Å²) in [7, 11) is 0. The number of para-hydroxylation sites is 1. The average Bonchev–Trinajstić information content (AvgIpc) is 2.80. The fourth-order valence-corrected chi connectivity index (χ4v) is 2.68. The zero-order valence-corrected chi connectivity index (χ0v) is 10.6. The topological polar surface area (TPSA) is 62.2 Å². The summed E-state index contributed by atoms with van der Waals surface area (Å²) in [6, 6.07) is 14.7. The standard InChI is InChI=1S/C14H10N2O2S/c17-13(18)9-6-7-11-12(8-9)19-14(16-11)15-10-4-2-1-3-5-10/h1-8H,(H,15,16)(H,17,18). The first-order valence-corrected chi connectivity index (χ1v) is 6.50. The van der Waals surface area contributed by atoms with Gasteiger partial charge in [-0.05, 0) is 30.3 Å². The molecule has 0 amide bonds. The summed E-state index contributed by atoms with van der Waals surface area (Å²) in [5.74, 6) is -0.923. The third-order valence-corrected chi connectivity index (χ3v) is 3.59. The van der Waals surface area contributed by atoms with Gasteiger partial charge in [-0.1, -0.05) is 29.5 Å². The van der Waals surface area contributed by atoms with E-state index in [1.165, 1.54) is 11.3 Å². The van der Waals surface area contributed by atoms with Gasteiger partial charge < -0.3 is 10.4 Å². The maximum absolute atomic E-state index is 10.9. The molecule has 2 N–H and O–H groups in total. The molecule has 1 heterocycles. The molecule has 1 aromatic heterocycles. The summed E-state index contributed by atoms with van der Waals surface area (Å²) in [5.41, 5.74) is 2.04. The highest BCUT2D eigenvalue weighted by Crippen LogP contribution is 2.28. The Hall–Kier alpha value is -2.40. The number of carbonyl (C=O) groups is 1. The van der Waals surface area contributed by atoms with Crippen molar-refractivity contribution in [3.63, 3.8) is 0 Å². The number of nitrogens with one attached hydrogen (secondary N) is 1. The number of rotatable bonds is 3. The number of carboxylic acid groups (broad SMARTS) is 1. The maximum atomic E-state index is 10.9. The molecule has 94 valence electrons. The van der Waals surface area contributed by atoms with Crippen molar-refractivity contribution >= 4 is 38.3 Å². The molecule has 4 nitrogen and oxygen atoms in total. The average molecular weight is 270 g/mol. The van der Waals surface area contributed by atoms with Crippen LogP contribution in [0.15, 0.2) is 48.5 Å². The first-order chi connectivity index (χ1) is 9.22. The Morgan fingerprint density at radius 2 is 1.95 bits per heavy atom. The van der Waals surface area contributed by atoms with Crippen molar-refractivity contribution in [1.82, 2.24) is 4.98 Å². The first kappa shape index (κ1) is 11.7. The molecule has 3 rings (SSSR count). The van der Waals surface area contributed by atoms with Crippen LogP contribution in [0.4, 0.5) is 10.8 Å². The van der Waals surface area contributed by atoms with Gasteiger partial charge in [-0.3, -0.25) is 0 Å². The summed E-state index contributed by atoms with van der Waals surface area (Å²) in [4.78, 5) is 15.3. The zero-order chi connectivity index (χ0) is 13.2. The molecule has 0 aliphatic heterocycles. The predicted octanol–water partition coefficient (Wildman–Crippen LogP) is 3.74. The zero-order valence-electron chi connectivity index (χ0n) is 9.83. The SMILES string of the molecule is O=C(O)c1ccc2nc(Nc3ccccc3)sc2c1. The molecule has 19 heavy (non-hydrogen) atoms. The number of thiazole rings is 1. The van der Waals surface area contributed by atoms with Gasteiger partial charge in [-0.2, -0.15) is 0 Å². The molecular weight excluding hydrogens is 260 g/mol. The smallest absolute Gasteiger partial charge is 0.335 e. The molecule has 3 aromatic rings. The van der Waals surface area contributed by atoms with E-state index >= 15 is 0 Å². The summed E-state index contributed by atoms with van der Waals surface area (Å²) in [6.45, 7) is 0. The summed E-state index contributed by atoms with van der Waals surface area (Å²) in [5, 5.41) is 12.9. The van der Waals surface area contributed by atoms with Crippen LogP contribution in [0, 0.1) is 0 Å². The van der Waals surface area contributed by atoms with Gasteiger partial charge in [0.1, 0.15) is 0 Å². The van der Waals surface area contributed by atoms with Crippen molar-refractivity contribution in [2.45, 2.75) is 0 Å². The predicted molar refractivity (Wildman–Crippen MR) is 76.3 cm³/mol. The van der Waals surface area contributed by atoms with Crippen molar-refractivity contribution < 1.29 is 9.90 Å². The van der Waals surface area contributed by atoms with E-state index in [0.29, 0.717) is 0 Å². The molecule has 0 atom stereocenters. The quantitative estimate of drug-likeness (QED) is 0.761. The molecule has 0 aliphatic rings. The number of hydrogen-bond donors (Lipinski definition) is 2.